The van der Waals surface area contributed by atoms with Gasteiger partial charge in [0.15, 0.2) is 0 Å². The molecule has 1 aromatic rings. The summed E-state index contributed by atoms with van der Waals surface area (Å²) in [6.45, 7) is 4.88. The monoisotopic (exact) mass is 306 g/mol. The Morgan fingerprint density at radius 2 is 2.05 bits per heavy atom. The molecule has 0 radical (unpaired) electrons. The van der Waals surface area contributed by atoms with Crippen LogP contribution in [-0.2, 0) is 0 Å². The Bertz CT molecular complexity index is 426. The second kappa shape index (κ2) is 7.62. The van der Waals surface area contributed by atoms with Gasteiger partial charge in [0.2, 0.25) is 0 Å². The molecule has 0 bridgehead atoms. The Morgan fingerprint density at radius 3 is 2.68 bits per heavy atom. The van der Waals surface area contributed by atoms with E-state index in [1.165, 1.54) is 51.6 Å². The van der Waals surface area contributed by atoms with E-state index in [9.17, 15) is 5.11 Å². The zero-order valence-electron chi connectivity index (χ0n) is 13.7. The Balaban J connectivity index is 1.49. The number of furan rings is 1. The number of hydrogen-bond acceptors (Lipinski definition) is 4. The van der Waals surface area contributed by atoms with E-state index >= 15 is 0 Å². The van der Waals surface area contributed by atoms with Crippen LogP contribution in [0.25, 0.3) is 0 Å². The van der Waals surface area contributed by atoms with E-state index in [1.54, 1.807) is 6.26 Å². The summed E-state index contributed by atoms with van der Waals surface area (Å²) in [5.74, 6) is 1.69. The molecule has 3 atom stereocenters. The highest BCUT2D eigenvalue weighted by Gasteiger charge is 2.31. The summed E-state index contributed by atoms with van der Waals surface area (Å²) in [6.07, 6.45) is 9.60. The molecular weight excluding hydrogens is 276 g/mol. The van der Waals surface area contributed by atoms with Gasteiger partial charge in [-0.1, -0.05) is 19.8 Å². The molecule has 2 fully saturated rings. The molecule has 0 aromatic carbocycles. The van der Waals surface area contributed by atoms with Crippen LogP contribution < -0.4 is 5.32 Å². The molecule has 0 amide bonds. The Hall–Kier alpha value is -0.840. The summed E-state index contributed by atoms with van der Waals surface area (Å²) >= 11 is 0. The lowest BCUT2D eigenvalue weighted by molar-refractivity contribution is 0.0765. The highest BCUT2D eigenvalue weighted by molar-refractivity contribution is 5.05. The summed E-state index contributed by atoms with van der Waals surface area (Å²) in [6, 6.07) is 5.03. The number of aliphatic hydroxyl groups is 1. The van der Waals surface area contributed by atoms with Crippen molar-refractivity contribution in [3.8, 4) is 0 Å². The molecule has 124 valence electrons. The van der Waals surface area contributed by atoms with Crippen molar-refractivity contribution in [1.82, 2.24) is 10.2 Å². The van der Waals surface area contributed by atoms with Crippen molar-refractivity contribution in [2.45, 2.75) is 63.6 Å². The van der Waals surface area contributed by atoms with E-state index in [0.29, 0.717) is 6.04 Å². The quantitative estimate of drug-likeness (QED) is 0.878. The van der Waals surface area contributed by atoms with Crippen molar-refractivity contribution >= 4 is 0 Å². The number of aliphatic hydroxyl groups excluding tert-OH is 1. The molecular formula is C18H30N2O2. The molecule has 1 aliphatic heterocycles. The molecule has 1 saturated heterocycles. The largest absolute Gasteiger partial charge is 0.468 e. The third kappa shape index (κ3) is 3.73. The average Bonchev–Trinajstić information content (AvgIpc) is 3.08. The molecule has 4 heteroatoms. The maximum Gasteiger partial charge on any atom is 0.123 e. The number of nitrogens with zero attached hydrogens (tertiary/aromatic N) is 1. The van der Waals surface area contributed by atoms with Crippen LogP contribution in [0.2, 0.25) is 0 Å². The first-order chi connectivity index (χ1) is 10.8. The van der Waals surface area contributed by atoms with E-state index in [1.807, 2.05) is 12.1 Å². The fourth-order valence-electron chi connectivity index (χ4n) is 4.24. The van der Waals surface area contributed by atoms with Gasteiger partial charge in [0.1, 0.15) is 5.76 Å². The standard InChI is InChI=1S/C18H30N2O2/c1-14-5-2-3-6-17(14)20-10-8-15(9-11-20)19-16(13-21)18-7-4-12-22-18/h4,7,12,14-17,19,21H,2-3,5-6,8-11,13H2,1H3. The third-order valence-corrected chi connectivity index (χ3v) is 5.57. The minimum Gasteiger partial charge on any atom is -0.468 e. The van der Waals surface area contributed by atoms with E-state index in [4.69, 9.17) is 4.42 Å². The van der Waals surface area contributed by atoms with Crippen LogP contribution >= 0.6 is 0 Å². The van der Waals surface area contributed by atoms with Crippen LogP contribution in [0.4, 0.5) is 0 Å². The molecule has 22 heavy (non-hydrogen) atoms. The van der Waals surface area contributed by atoms with Crippen molar-refractivity contribution in [3.05, 3.63) is 24.2 Å². The maximum atomic E-state index is 9.59. The zero-order chi connectivity index (χ0) is 15.4. The first-order valence-electron chi connectivity index (χ1n) is 8.92. The van der Waals surface area contributed by atoms with E-state index < -0.39 is 0 Å². The van der Waals surface area contributed by atoms with Gasteiger partial charge in [0.25, 0.3) is 0 Å². The normalized spacial score (nSPS) is 29.5. The number of likely N-dealkylation sites (tertiary alicyclic amines) is 1. The Morgan fingerprint density at radius 1 is 1.27 bits per heavy atom. The lowest BCUT2D eigenvalue weighted by atomic mass is 9.84. The van der Waals surface area contributed by atoms with E-state index in [2.05, 4.69) is 17.1 Å². The van der Waals surface area contributed by atoms with Crippen LogP contribution in [0, 0.1) is 5.92 Å². The zero-order valence-corrected chi connectivity index (χ0v) is 13.7. The lowest BCUT2D eigenvalue weighted by Crippen LogP contribution is -2.50. The summed E-state index contributed by atoms with van der Waals surface area (Å²) < 4.78 is 5.43. The summed E-state index contributed by atoms with van der Waals surface area (Å²) in [5, 5.41) is 13.2. The predicted molar refractivity (Wildman–Crippen MR) is 87.7 cm³/mol. The summed E-state index contributed by atoms with van der Waals surface area (Å²) in [4.78, 5) is 2.71. The number of hydrogen-bond donors (Lipinski definition) is 2. The van der Waals surface area contributed by atoms with Crippen molar-refractivity contribution < 1.29 is 9.52 Å². The summed E-state index contributed by atoms with van der Waals surface area (Å²) in [5.41, 5.74) is 0. The molecule has 1 aromatic heterocycles. The minimum atomic E-state index is -0.0693. The SMILES string of the molecule is CC1CCCCC1N1CCC(NC(CO)c2ccco2)CC1. The van der Waals surface area contributed by atoms with Crippen LogP contribution in [0.5, 0.6) is 0 Å². The van der Waals surface area contributed by atoms with Crippen molar-refractivity contribution in [3.63, 3.8) is 0 Å². The van der Waals surface area contributed by atoms with E-state index in [0.717, 1.165) is 17.7 Å². The molecule has 0 spiro atoms. The van der Waals surface area contributed by atoms with Gasteiger partial charge in [-0.25, -0.2) is 0 Å². The van der Waals surface area contributed by atoms with Gasteiger partial charge in [-0.15, -0.1) is 0 Å². The molecule has 4 nitrogen and oxygen atoms in total. The van der Waals surface area contributed by atoms with Gasteiger partial charge in [0.05, 0.1) is 18.9 Å². The van der Waals surface area contributed by atoms with Crippen molar-refractivity contribution in [1.29, 1.82) is 0 Å². The lowest BCUT2D eigenvalue weighted by Gasteiger charge is -2.43. The van der Waals surface area contributed by atoms with Crippen molar-refractivity contribution in [2.24, 2.45) is 5.92 Å². The minimum absolute atomic E-state index is 0.0693. The first kappa shape index (κ1) is 16.0. The molecule has 3 unspecified atom stereocenters. The second-order valence-electron chi connectivity index (χ2n) is 7.06. The first-order valence-corrected chi connectivity index (χ1v) is 8.92. The summed E-state index contributed by atoms with van der Waals surface area (Å²) in [7, 11) is 0. The second-order valence-corrected chi connectivity index (χ2v) is 7.06. The highest BCUT2D eigenvalue weighted by atomic mass is 16.3. The number of piperidine rings is 1. The average molecular weight is 306 g/mol. The smallest absolute Gasteiger partial charge is 0.123 e. The van der Waals surface area contributed by atoms with Gasteiger partial charge in [0, 0.05) is 12.1 Å². The fraction of sp³-hybridized carbons (Fsp3) is 0.778. The van der Waals surface area contributed by atoms with Gasteiger partial charge in [-0.3, -0.25) is 0 Å². The molecule has 2 N–H and O–H groups in total. The van der Waals surface area contributed by atoms with Gasteiger partial charge in [-0.2, -0.15) is 0 Å². The van der Waals surface area contributed by atoms with Crippen molar-refractivity contribution in [2.75, 3.05) is 19.7 Å². The Labute approximate surface area is 133 Å². The van der Waals surface area contributed by atoms with Crippen LogP contribution in [0.15, 0.2) is 22.8 Å². The highest BCUT2D eigenvalue weighted by Crippen LogP contribution is 2.30. The third-order valence-electron chi connectivity index (χ3n) is 5.57. The maximum absolute atomic E-state index is 9.59. The number of nitrogens with one attached hydrogen (secondary N) is 1. The van der Waals surface area contributed by atoms with Gasteiger partial charge in [-0.05, 0) is 56.8 Å². The van der Waals surface area contributed by atoms with Crippen LogP contribution in [0.1, 0.15) is 57.3 Å². The Kier molecular flexibility index (Phi) is 5.55. The van der Waals surface area contributed by atoms with E-state index in [-0.39, 0.29) is 12.6 Å². The molecule has 2 heterocycles. The topological polar surface area (TPSA) is 48.6 Å². The van der Waals surface area contributed by atoms with Crippen LogP contribution in [-0.4, -0.2) is 41.8 Å². The van der Waals surface area contributed by atoms with Gasteiger partial charge >= 0.3 is 0 Å². The van der Waals surface area contributed by atoms with Crippen LogP contribution in [0.3, 0.4) is 0 Å². The fourth-order valence-corrected chi connectivity index (χ4v) is 4.24. The molecule has 3 rings (SSSR count). The van der Waals surface area contributed by atoms with Gasteiger partial charge < -0.3 is 19.7 Å². The molecule has 1 aliphatic carbocycles. The molecule has 1 saturated carbocycles. The predicted octanol–water partition coefficient (Wildman–Crippen LogP) is 2.95. The molecule has 2 aliphatic rings. The number of rotatable bonds is 5.